The zero-order valence-electron chi connectivity index (χ0n) is 11.2. The monoisotopic (exact) mass is 274 g/mol. The molecule has 0 aromatic heterocycles. The van der Waals surface area contributed by atoms with E-state index in [1.54, 1.807) is 0 Å². The Balaban J connectivity index is 1.97. The highest BCUT2D eigenvalue weighted by molar-refractivity contribution is 5.86. The number of carboxylic acid groups (broad SMARTS) is 1. The summed E-state index contributed by atoms with van der Waals surface area (Å²) in [7, 11) is 0. The molecule has 0 unspecified atom stereocenters. The Bertz CT molecular complexity index is 499. The highest BCUT2D eigenvalue weighted by Crippen LogP contribution is 2.10. The fourth-order valence-electron chi connectivity index (χ4n) is 2.26. The average Bonchev–Trinajstić information content (AvgIpc) is 2.43. The van der Waals surface area contributed by atoms with Crippen molar-refractivity contribution in [2.45, 2.75) is 12.5 Å². The Morgan fingerprint density at radius 3 is 2.85 bits per heavy atom. The number of nitrogens with zero attached hydrogens (tertiary/aromatic N) is 1. The lowest BCUT2D eigenvalue weighted by molar-refractivity contribution is -0.142. The Labute approximate surface area is 117 Å². The molecular weight excluding hydrogens is 256 g/mol. The molecule has 0 aliphatic carbocycles. The van der Waals surface area contributed by atoms with E-state index in [1.165, 1.54) is 0 Å². The summed E-state index contributed by atoms with van der Waals surface area (Å²) in [4.78, 5) is 24.5. The van der Waals surface area contributed by atoms with Gasteiger partial charge in [0, 0.05) is 19.6 Å². The van der Waals surface area contributed by atoms with Crippen LogP contribution >= 0.6 is 0 Å². The molecule has 0 saturated carbocycles. The van der Waals surface area contributed by atoms with Gasteiger partial charge in [-0.05, 0) is 5.56 Å². The van der Waals surface area contributed by atoms with Crippen LogP contribution in [0.3, 0.4) is 0 Å². The van der Waals surface area contributed by atoms with Gasteiger partial charge in [0.15, 0.2) is 0 Å². The number of carbonyl (C=O) groups excluding carboxylic acids is 1. The second-order valence-corrected chi connectivity index (χ2v) is 4.71. The molecule has 5 nitrogen and oxygen atoms in total. The zero-order valence-corrected chi connectivity index (χ0v) is 11.2. The number of rotatable bonds is 5. The molecule has 0 bridgehead atoms. The van der Waals surface area contributed by atoms with Crippen LogP contribution in [-0.2, 0) is 9.59 Å². The highest BCUT2D eigenvalue weighted by Gasteiger charge is 2.30. The van der Waals surface area contributed by atoms with Gasteiger partial charge in [0.25, 0.3) is 0 Å². The van der Waals surface area contributed by atoms with E-state index in [-0.39, 0.29) is 12.3 Å². The molecule has 1 amide bonds. The Morgan fingerprint density at radius 2 is 2.15 bits per heavy atom. The lowest BCUT2D eigenvalue weighted by atomic mass is 10.1. The van der Waals surface area contributed by atoms with Crippen LogP contribution in [0.25, 0.3) is 6.08 Å². The quantitative estimate of drug-likeness (QED) is 0.839. The summed E-state index contributed by atoms with van der Waals surface area (Å²) in [5.74, 6) is -1.16. The predicted octanol–water partition coefficient (Wildman–Crippen LogP) is 0.975. The van der Waals surface area contributed by atoms with E-state index in [0.717, 1.165) is 5.56 Å². The van der Waals surface area contributed by atoms with Crippen LogP contribution in [-0.4, -0.2) is 47.6 Å². The molecule has 0 radical (unpaired) electrons. The van der Waals surface area contributed by atoms with Crippen molar-refractivity contribution in [3.8, 4) is 0 Å². The minimum absolute atomic E-state index is 0.162. The molecule has 2 rings (SSSR count). The SMILES string of the molecule is O=C(O)C[C@@H]1C(=O)NCCN1C/C=C/c1ccccc1. The van der Waals surface area contributed by atoms with Gasteiger partial charge in [0.1, 0.15) is 0 Å². The van der Waals surface area contributed by atoms with Gasteiger partial charge in [-0.1, -0.05) is 42.5 Å². The number of nitrogens with one attached hydrogen (secondary N) is 1. The smallest absolute Gasteiger partial charge is 0.305 e. The lowest BCUT2D eigenvalue weighted by Gasteiger charge is -2.33. The number of hydrogen-bond acceptors (Lipinski definition) is 3. The minimum Gasteiger partial charge on any atom is -0.481 e. The van der Waals surface area contributed by atoms with Gasteiger partial charge in [0.2, 0.25) is 5.91 Å². The molecule has 1 heterocycles. The zero-order chi connectivity index (χ0) is 14.4. The van der Waals surface area contributed by atoms with Crippen LogP contribution in [0.2, 0.25) is 0 Å². The van der Waals surface area contributed by atoms with Gasteiger partial charge in [0.05, 0.1) is 12.5 Å². The summed E-state index contributed by atoms with van der Waals surface area (Å²) in [6, 6.07) is 9.28. The number of carboxylic acids is 1. The normalized spacial score (nSPS) is 20.0. The maximum Gasteiger partial charge on any atom is 0.305 e. The van der Waals surface area contributed by atoms with Crippen molar-refractivity contribution in [2.75, 3.05) is 19.6 Å². The number of hydrogen-bond donors (Lipinski definition) is 2. The first-order valence-electron chi connectivity index (χ1n) is 6.62. The fourth-order valence-corrected chi connectivity index (χ4v) is 2.26. The number of amides is 1. The molecule has 1 aromatic carbocycles. The van der Waals surface area contributed by atoms with Gasteiger partial charge in [-0.25, -0.2) is 0 Å². The van der Waals surface area contributed by atoms with Crippen molar-refractivity contribution in [1.29, 1.82) is 0 Å². The molecule has 1 atom stereocenters. The van der Waals surface area contributed by atoms with Crippen LogP contribution in [0.1, 0.15) is 12.0 Å². The van der Waals surface area contributed by atoms with E-state index in [0.29, 0.717) is 19.6 Å². The van der Waals surface area contributed by atoms with E-state index >= 15 is 0 Å². The standard InChI is InChI=1S/C15H18N2O3/c18-14(19)11-13-15(20)16-8-10-17(13)9-4-7-12-5-2-1-3-6-12/h1-7,13H,8-11H2,(H,16,20)(H,18,19)/b7-4+/t13-/m1/s1. The van der Waals surface area contributed by atoms with Crippen LogP contribution in [0, 0.1) is 0 Å². The van der Waals surface area contributed by atoms with Crippen molar-refractivity contribution in [3.05, 3.63) is 42.0 Å². The Hall–Kier alpha value is -2.14. The minimum atomic E-state index is -0.955. The first kappa shape index (κ1) is 14.3. The van der Waals surface area contributed by atoms with Crippen LogP contribution in [0.4, 0.5) is 0 Å². The summed E-state index contributed by atoms with van der Waals surface area (Å²) in [5.41, 5.74) is 1.09. The van der Waals surface area contributed by atoms with E-state index in [4.69, 9.17) is 5.11 Å². The maximum absolute atomic E-state index is 11.7. The van der Waals surface area contributed by atoms with Gasteiger partial charge < -0.3 is 10.4 Å². The summed E-state index contributed by atoms with van der Waals surface area (Å²) < 4.78 is 0. The highest BCUT2D eigenvalue weighted by atomic mass is 16.4. The molecule has 1 aromatic rings. The molecular formula is C15H18N2O3. The lowest BCUT2D eigenvalue weighted by Crippen LogP contribution is -2.55. The third kappa shape index (κ3) is 3.93. The van der Waals surface area contributed by atoms with E-state index in [9.17, 15) is 9.59 Å². The topological polar surface area (TPSA) is 69.6 Å². The predicted molar refractivity (Wildman–Crippen MR) is 76.1 cm³/mol. The average molecular weight is 274 g/mol. The molecule has 1 saturated heterocycles. The number of benzene rings is 1. The van der Waals surface area contributed by atoms with Crippen molar-refractivity contribution in [1.82, 2.24) is 10.2 Å². The van der Waals surface area contributed by atoms with Crippen molar-refractivity contribution >= 4 is 18.0 Å². The van der Waals surface area contributed by atoms with Crippen LogP contribution in [0.15, 0.2) is 36.4 Å². The summed E-state index contributed by atoms with van der Waals surface area (Å²) in [6.45, 7) is 1.80. The molecule has 5 heteroatoms. The van der Waals surface area contributed by atoms with Crippen LogP contribution < -0.4 is 5.32 Å². The largest absolute Gasteiger partial charge is 0.481 e. The van der Waals surface area contributed by atoms with Crippen molar-refractivity contribution in [2.24, 2.45) is 0 Å². The Morgan fingerprint density at radius 1 is 1.40 bits per heavy atom. The van der Waals surface area contributed by atoms with Gasteiger partial charge in [-0.15, -0.1) is 0 Å². The fraction of sp³-hybridized carbons (Fsp3) is 0.333. The van der Waals surface area contributed by atoms with Gasteiger partial charge in [-0.2, -0.15) is 0 Å². The maximum atomic E-state index is 11.7. The van der Waals surface area contributed by atoms with Crippen LogP contribution in [0.5, 0.6) is 0 Å². The first-order chi connectivity index (χ1) is 9.66. The molecule has 1 aliphatic heterocycles. The van der Waals surface area contributed by atoms with E-state index in [1.807, 2.05) is 47.4 Å². The number of carbonyl (C=O) groups is 2. The first-order valence-corrected chi connectivity index (χ1v) is 6.62. The molecule has 20 heavy (non-hydrogen) atoms. The third-order valence-corrected chi connectivity index (χ3v) is 3.26. The second kappa shape index (κ2) is 6.86. The van der Waals surface area contributed by atoms with Gasteiger partial charge in [-0.3, -0.25) is 14.5 Å². The van der Waals surface area contributed by atoms with E-state index in [2.05, 4.69) is 5.32 Å². The van der Waals surface area contributed by atoms with E-state index < -0.39 is 12.0 Å². The summed E-state index contributed by atoms with van der Waals surface area (Å²) in [5, 5.41) is 11.6. The van der Waals surface area contributed by atoms with Gasteiger partial charge >= 0.3 is 5.97 Å². The van der Waals surface area contributed by atoms with Crippen molar-refractivity contribution in [3.63, 3.8) is 0 Å². The molecule has 106 valence electrons. The number of piperazine rings is 1. The third-order valence-electron chi connectivity index (χ3n) is 3.26. The van der Waals surface area contributed by atoms with Crippen molar-refractivity contribution < 1.29 is 14.7 Å². The summed E-state index contributed by atoms with van der Waals surface area (Å²) >= 11 is 0. The summed E-state index contributed by atoms with van der Waals surface area (Å²) in [6.07, 6.45) is 3.78. The molecule has 1 aliphatic rings. The molecule has 1 fully saturated rings. The second-order valence-electron chi connectivity index (χ2n) is 4.71. The Kier molecular flexibility index (Phi) is 4.90. The number of aliphatic carboxylic acids is 1. The molecule has 0 spiro atoms. The molecule has 2 N–H and O–H groups in total.